The predicted octanol–water partition coefficient (Wildman–Crippen LogP) is 2.14. The number of aliphatic hydroxyl groups excluding tert-OH is 1. The van der Waals surface area contributed by atoms with E-state index < -0.39 is 0 Å². The van der Waals surface area contributed by atoms with Gasteiger partial charge in [-0.05, 0) is 30.7 Å². The molecule has 6 nitrogen and oxygen atoms in total. The van der Waals surface area contributed by atoms with Crippen LogP contribution in [0.3, 0.4) is 0 Å². The molecule has 0 aliphatic carbocycles. The number of rotatable bonds is 6. The van der Waals surface area contributed by atoms with E-state index in [-0.39, 0.29) is 18.6 Å². The fourth-order valence-electron chi connectivity index (χ4n) is 2.73. The Bertz CT molecular complexity index is 812. The van der Waals surface area contributed by atoms with E-state index in [9.17, 15) is 9.90 Å². The summed E-state index contributed by atoms with van der Waals surface area (Å²) in [5.74, 6) is -0.150. The molecule has 3 aromatic heterocycles. The minimum atomic E-state index is -0.266. The Labute approximate surface area is 140 Å². The molecule has 3 aromatic rings. The summed E-state index contributed by atoms with van der Waals surface area (Å²) in [6.45, 7) is 2.22. The van der Waals surface area contributed by atoms with Crippen LogP contribution in [-0.2, 0) is 6.54 Å². The van der Waals surface area contributed by atoms with Crippen molar-refractivity contribution >= 4 is 11.4 Å². The van der Waals surface area contributed by atoms with Crippen molar-refractivity contribution in [3.8, 4) is 0 Å². The lowest BCUT2D eigenvalue weighted by Gasteiger charge is -2.29. The van der Waals surface area contributed by atoms with Crippen LogP contribution in [0.5, 0.6) is 0 Å². The fourth-order valence-corrected chi connectivity index (χ4v) is 2.73. The van der Waals surface area contributed by atoms with E-state index >= 15 is 0 Å². The number of carbonyl (C=O) groups is 1. The maximum Gasteiger partial charge on any atom is 0.258 e. The molecule has 24 heavy (non-hydrogen) atoms. The van der Waals surface area contributed by atoms with Crippen molar-refractivity contribution in [2.75, 3.05) is 6.61 Å². The zero-order chi connectivity index (χ0) is 16.9. The van der Waals surface area contributed by atoms with Crippen molar-refractivity contribution in [1.29, 1.82) is 0 Å². The van der Waals surface area contributed by atoms with Crippen LogP contribution in [0.25, 0.3) is 5.52 Å². The summed E-state index contributed by atoms with van der Waals surface area (Å²) in [6, 6.07) is 10.9. The molecule has 1 amide bonds. The standard InChI is InChI=1S/C18H20N4O2/c1-2-15(13-23)21(12-14-7-3-5-9-19-14)18(24)16-11-20-22-10-6-4-8-17(16)22/h3-11,15,23H,2,12-13H2,1H3. The van der Waals surface area contributed by atoms with Gasteiger partial charge in [-0.1, -0.05) is 19.1 Å². The number of nitrogens with zero attached hydrogens (tertiary/aromatic N) is 4. The number of carbonyl (C=O) groups excluding carboxylic acids is 1. The number of pyridine rings is 2. The first-order chi connectivity index (χ1) is 11.7. The molecule has 0 saturated carbocycles. The van der Waals surface area contributed by atoms with Gasteiger partial charge in [0.05, 0.1) is 42.2 Å². The highest BCUT2D eigenvalue weighted by Gasteiger charge is 2.26. The van der Waals surface area contributed by atoms with E-state index in [0.717, 1.165) is 11.2 Å². The zero-order valence-corrected chi connectivity index (χ0v) is 13.5. The van der Waals surface area contributed by atoms with Crippen LogP contribution >= 0.6 is 0 Å². The van der Waals surface area contributed by atoms with Gasteiger partial charge in [0.2, 0.25) is 0 Å². The van der Waals surface area contributed by atoms with E-state index in [0.29, 0.717) is 18.5 Å². The highest BCUT2D eigenvalue weighted by Crippen LogP contribution is 2.18. The Morgan fingerprint density at radius 1 is 1.29 bits per heavy atom. The lowest BCUT2D eigenvalue weighted by molar-refractivity contribution is 0.0562. The minimum Gasteiger partial charge on any atom is -0.394 e. The Balaban J connectivity index is 1.96. The van der Waals surface area contributed by atoms with Crippen molar-refractivity contribution in [2.45, 2.75) is 25.9 Å². The van der Waals surface area contributed by atoms with Crippen LogP contribution in [-0.4, -0.2) is 43.2 Å². The van der Waals surface area contributed by atoms with Gasteiger partial charge in [0.1, 0.15) is 0 Å². The van der Waals surface area contributed by atoms with Crippen molar-refractivity contribution in [2.24, 2.45) is 0 Å². The summed E-state index contributed by atoms with van der Waals surface area (Å²) in [5, 5.41) is 13.9. The van der Waals surface area contributed by atoms with Crippen LogP contribution in [0, 0.1) is 0 Å². The molecule has 124 valence electrons. The average molecular weight is 324 g/mol. The van der Waals surface area contributed by atoms with E-state index in [2.05, 4.69) is 10.1 Å². The third-order valence-electron chi connectivity index (χ3n) is 4.10. The molecule has 0 aliphatic rings. The molecule has 0 aliphatic heterocycles. The molecule has 0 saturated heterocycles. The SMILES string of the molecule is CCC(CO)N(Cc1ccccn1)C(=O)c1cnn2ccccc12. The quantitative estimate of drug-likeness (QED) is 0.754. The van der Waals surface area contributed by atoms with Crippen LogP contribution < -0.4 is 0 Å². The van der Waals surface area contributed by atoms with Crippen LogP contribution in [0.15, 0.2) is 55.0 Å². The van der Waals surface area contributed by atoms with E-state index in [1.165, 1.54) is 0 Å². The second kappa shape index (κ2) is 7.23. The molecule has 1 atom stereocenters. The highest BCUT2D eigenvalue weighted by molar-refractivity contribution is 6.00. The summed E-state index contributed by atoms with van der Waals surface area (Å²) in [5.41, 5.74) is 2.06. The van der Waals surface area contributed by atoms with Crippen LogP contribution in [0.1, 0.15) is 29.4 Å². The molecule has 6 heteroatoms. The predicted molar refractivity (Wildman–Crippen MR) is 90.5 cm³/mol. The van der Waals surface area contributed by atoms with Gasteiger partial charge in [-0.2, -0.15) is 5.10 Å². The monoisotopic (exact) mass is 324 g/mol. The van der Waals surface area contributed by atoms with Crippen molar-refractivity contribution < 1.29 is 9.90 Å². The van der Waals surface area contributed by atoms with Gasteiger partial charge < -0.3 is 10.0 Å². The van der Waals surface area contributed by atoms with Crippen LogP contribution in [0.2, 0.25) is 0 Å². The zero-order valence-electron chi connectivity index (χ0n) is 13.5. The molecule has 0 bridgehead atoms. The first-order valence-corrected chi connectivity index (χ1v) is 7.98. The molecular weight excluding hydrogens is 304 g/mol. The summed E-state index contributed by atoms with van der Waals surface area (Å²) >= 11 is 0. The number of aromatic nitrogens is 3. The number of aliphatic hydroxyl groups is 1. The smallest absolute Gasteiger partial charge is 0.258 e. The van der Waals surface area contributed by atoms with E-state index in [1.807, 2.05) is 43.3 Å². The van der Waals surface area contributed by atoms with Gasteiger partial charge in [-0.25, -0.2) is 4.52 Å². The molecule has 0 radical (unpaired) electrons. The Morgan fingerprint density at radius 3 is 2.83 bits per heavy atom. The van der Waals surface area contributed by atoms with Gasteiger partial charge in [0.15, 0.2) is 0 Å². The second-order valence-corrected chi connectivity index (χ2v) is 5.59. The van der Waals surface area contributed by atoms with Crippen molar-refractivity contribution in [1.82, 2.24) is 19.5 Å². The maximum atomic E-state index is 13.1. The first kappa shape index (κ1) is 16.1. The molecular formula is C18H20N4O2. The molecule has 3 rings (SSSR count). The number of amides is 1. The highest BCUT2D eigenvalue weighted by atomic mass is 16.3. The van der Waals surface area contributed by atoms with Crippen molar-refractivity contribution in [3.63, 3.8) is 0 Å². The largest absolute Gasteiger partial charge is 0.394 e. The Morgan fingerprint density at radius 2 is 2.12 bits per heavy atom. The molecule has 0 fully saturated rings. The Kier molecular flexibility index (Phi) is 4.86. The fraction of sp³-hybridized carbons (Fsp3) is 0.278. The Hall–Kier alpha value is -2.73. The normalized spacial score (nSPS) is 12.2. The third kappa shape index (κ3) is 3.14. The number of hydrogen-bond acceptors (Lipinski definition) is 4. The number of fused-ring (bicyclic) bond motifs is 1. The topological polar surface area (TPSA) is 70.7 Å². The van der Waals surface area contributed by atoms with Gasteiger partial charge in [0, 0.05) is 12.4 Å². The second-order valence-electron chi connectivity index (χ2n) is 5.59. The summed E-state index contributed by atoms with van der Waals surface area (Å²) < 4.78 is 1.67. The molecule has 1 unspecified atom stereocenters. The van der Waals surface area contributed by atoms with Crippen LogP contribution in [0.4, 0.5) is 0 Å². The molecule has 3 heterocycles. The third-order valence-corrected chi connectivity index (χ3v) is 4.10. The molecule has 0 spiro atoms. The van der Waals surface area contributed by atoms with Gasteiger partial charge >= 0.3 is 0 Å². The number of hydrogen-bond donors (Lipinski definition) is 1. The molecule has 1 N–H and O–H groups in total. The van der Waals surface area contributed by atoms with Gasteiger partial charge in [-0.3, -0.25) is 9.78 Å². The minimum absolute atomic E-state index is 0.0890. The summed E-state index contributed by atoms with van der Waals surface area (Å²) in [7, 11) is 0. The van der Waals surface area contributed by atoms with E-state index in [4.69, 9.17) is 0 Å². The average Bonchev–Trinajstić information content (AvgIpc) is 3.06. The summed E-state index contributed by atoms with van der Waals surface area (Å²) in [4.78, 5) is 19.1. The lowest BCUT2D eigenvalue weighted by Crippen LogP contribution is -2.41. The molecule has 0 aromatic carbocycles. The van der Waals surface area contributed by atoms with E-state index in [1.54, 1.807) is 28.0 Å². The maximum absolute atomic E-state index is 13.1. The summed E-state index contributed by atoms with van der Waals surface area (Å²) in [6.07, 6.45) is 5.74. The van der Waals surface area contributed by atoms with Gasteiger partial charge in [-0.15, -0.1) is 0 Å². The van der Waals surface area contributed by atoms with Crippen molar-refractivity contribution in [3.05, 3.63) is 66.2 Å². The lowest BCUT2D eigenvalue weighted by atomic mass is 10.1. The van der Waals surface area contributed by atoms with Gasteiger partial charge in [0.25, 0.3) is 5.91 Å². The first-order valence-electron chi connectivity index (χ1n) is 7.98.